The number of nitrogens with zero attached hydrogens (tertiary/aromatic N) is 3. The normalized spacial score (nSPS) is 12.5. The molecule has 1 aromatic heterocycles. The molecule has 1 unspecified atom stereocenters. The maximum absolute atomic E-state index is 3.96. The van der Waals surface area contributed by atoms with E-state index in [4.69, 9.17) is 0 Å². The molecule has 0 aliphatic heterocycles. The van der Waals surface area contributed by atoms with Gasteiger partial charge >= 0.3 is 0 Å². The standard InChI is InChI=1S/C16H24N4/c1-3-5-15-6-8-16(9-7-15)14(2)17-10-4-12-20-13-11-18-19-20/h6-9,11,13-14,17H,3-5,10,12H2,1-2H3. The second-order valence-corrected chi connectivity index (χ2v) is 5.19. The van der Waals surface area contributed by atoms with Crippen molar-refractivity contribution in [2.24, 2.45) is 0 Å². The Balaban J connectivity index is 1.72. The molecule has 1 aromatic carbocycles. The monoisotopic (exact) mass is 272 g/mol. The number of benzene rings is 1. The molecular formula is C16H24N4. The second kappa shape index (κ2) is 7.80. The van der Waals surface area contributed by atoms with Gasteiger partial charge in [0.2, 0.25) is 0 Å². The van der Waals surface area contributed by atoms with Crippen molar-refractivity contribution < 1.29 is 0 Å². The van der Waals surface area contributed by atoms with Gasteiger partial charge in [0.05, 0.1) is 6.20 Å². The van der Waals surface area contributed by atoms with E-state index in [0.717, 1.165) is 19.5 Å². The van der Waals surface area contributed by atoms with E-state index in [1.807, 2.05) is 10.9 Å². The van der Waals surface area contributed by atoms with E-state index < -0.39 is 0 Å². The Labute approximate surface area is 121 Å². The van der Waals surface area contributed by atoms with Crippen molar-refractivity contribution in [1.29, 1.82) is 0 Å². The van der Waals surface area contributed by atoms with Crippen molar-refractivity contribution in [3.05, 3.63) is 47.8 Å². The molecule has 1 atom stereocenters. The molecule has 1 N–H and O–H groups in total. The molecule has 0 radical (unpaired) electrons. The fraction of sp³-hybridized carbons (Fsp3) is 0.500. The average Bonchev–Trinajstić information content (AvgIpc) is 2.98. The Kier molecular flexibility index (Phi) is 5.74. The van der Waals surface area contributed by atoms with Crippen LogP contribution in [0.5, 0.6) is 0 Å². The van der Waals surface area contributed by atoms with Crippen molar-refractivity contribution in [3.63, 3.8) is 0 Å². The average molecular weight is 272 g/mol. The molecule has 0 aliphatic rings. The van der Waals surface area contributed by atoms with Crippen molar-refractivity contribution in [2.75, 3.05) is 6.54 Å². The summed E-state index contributed by atoms with van der Waals surface area (Å²) in [5, 5.41) is 11.3. The molecule has 2 rings (SSSR count). The quantitative estimate of drug-likeness (QED) is 0.751. The van der Waals surface area contributed by atoms with Crippen LogP contribution in [0.4, 0.5) is 0 Å². The first-order valence-corrected chi connectivity index (χ1v) is 7.46. The van der Waals surface area contributed by atoms with Crippen LogP contribution in [0.15, 0.2) is 36.7 Å². The Morgan fingerprint density at radius 3 is 2.70 bits per heavy atom. The highest BCUT2D eigenvalue weighted by atomic mass is 15.4. The summed E-state index contributed by atoms with van der Waals surface area (Å²) in [5.74, 6) is 0. The molecule has 20 heavy (non-hydrogen) atoms. The maximum Gasteiger partial charge on any atom is 0.0692 e. The van der Waals surface area contributed by atoms with E-state index in [1.54, 1.807) is 6.20 Å². The summed E-state index contributed by atoms with van der Waals surface area (Å²) in [4.78, 5) is 0. The summed E-state index contributed by atoms with van der Waals surface area (Å²) >= 11 is 0. The number of aromatic nitrogens is 3. The highest BCUT2D eigenvalue weighted by Crippen LogP contribution is 2.14. The van der Waals surface area contributed by atoms with Gasteiger partial charge in [-0.25, -0.2) is 0 Å². The van der Waals surface area contributed by atoms with Gasteiger partial charge in [-0.1, -0.05) is 42.8 Å². The van der Waals surface area contributed by atoms with Gasteiger partial charge in [-0.2, -0.15) is 0 Å². The number of hydrogen-bond acceptors (Lipinski definition) is 3. The number of nitrogens with one attached hydrogen (secondary N) is 1. The van der Waals surface area contributed by atoms with Crippen molar-refractivity contribution in [1.82, 2.24) is 20.3 Å². The Bertz CT molecular complexity index is 476. The highest BCUT2D eigenvalue weighted by Gasteiger charge is 2.04. The van der Waals surface area contributed by atoms with Crippen molar-refractivity contribution in [3.8, 4) is 0 Å². The van der Waals surface area contributed by atoms with Gasteiger partial charge in [0.25, 0.3) is 0 Å². The second-order valence-electron chi connectivity index (χ2n) is 5.19. The van der Waals surface area contributed by atoms with E-state index in [9.17, 15) is 0 Å². The van der Waals surface area contributed by atoms with Crippen molar-refractivity contribution in [2.45, 2.75) is 45.7 Å². The molecule has 0 fully saturated rings. The van der Waals surface area contributed by atoms with Gasteiger partial charge < -0.3 is 5.32 Å². The number of aryl methyl sites for hydroxylation is 2. The smallest absolute Gasteiger partial charge is 0.0692 e. The molecule has 0 saturated carbocycles. The maximum atomic E-state index is 3.96. The minimum Gasteiger partial charge on any atom is -0.310 e. The van der Waals surface area contributed by atoms with Crippen molar-refractivity contribution >= 4 is 0 Å². The molecule has 0 bridgehead atoms. The van der Waals surface area contributed by atoms with Gasteiger partial charge in [-0.05, 0) is 37.4 Å². The van der Waals surface area contributed by atoms with Gasteiger partial charge in [-0.15, -0.1) is 5.10 Å². The summed E-state index contributed by atoms with van der Waals surface area (Å²) in [6.07, 6.45) is 7.04. The lowest BCUT2D eigenvalue weighted by Gasteiger charge is -2.14. The summed E-state index contributed by atoms with van der Waals surface area (Å²) in [5.41, 5.74) is 2.78. The van der Waals surface area contributed by atoms with Gasteiger partial charge in [-0.3, -0.25) is 4.68 Å². The SMILES string of the molecule is CCCc1ccc(C(C)NCCCn2ccnn2)cc1. The zero-order valence-corrected chi connectivity index (χ0v) is 12.4. The summed E-state index contributed by atoms with van der Waals surface area (Å²) in [6.45, 7) is 6.32. The lowest BCUT2D eigenvalue weighted by atomic mass is 10.0. The Hall–Kier alpha value is -1.68. The molecule has 0 spiro atoms. The van der Waals surface area contributed by atoms with Crippen LogP contribution in [0.2, 0.25) is 0 Å². The number of hydrogen-bond donors (Lipinski definition) is 1. The summed E-state index contributed by atoms with van der Waals surface area (Å²) in [7, 11) is 0. The van der Waals surface area contributed by atoms with Gasteiger partial charge in [0.15, 0.2) is 0 Å². The zero-order valence-electron chi connectivity index (χ0n) is 12.4. The number of rotatable bonds is 8. The molecule has 0 amide bonds. The fourth-order valence-electron chi connectivity index (χ4n) is 2.29. The third kappa shape index (κ3) is 4.46. The van der Waals surface area contributed by atoms with Gasteiger partial charge in [0.1, 0.15) is 0 Å². The Morgan fingerprint density at radius 2 is 2.05 bits per heavy atom. The first-order chi connectivity index (χ1) is 9.79. The van der Waals surface area contributed by atoms with Crippen LogP contribution in [0, 0.1) is 0 Å². The van der Waals surface area contributed by atoms with Crippen LogP contribution in [-0.2, 0) is 13.0 Å². The van der Waals surface area contributed by atoms with E-state index in [1.165, 1.54) is 24.0 Å². The van der Waals surface area contributed by atoms with E-state index >= 15 is 0 Å². The third-order valence-electron chi connectivity index (χ3n) is 3.50. The molecule has 108 valence electrons. The topological polar surface area (TPSA) is 42.7 Å². The van der Waals surface area contributed by atoms with Crippen LogP contribution in [0.3, 0.4) is 0 Å². The molecule has 4 nitrogen and oxygen atoms in total. The molecule has 0 aliphatic carbocycles. The first kappa shape index (κ1) is 14.7. The van der Waals surface area contributed by atoms with Gasteiger partial charge in [0, 0.05) is 18.8 Å². The molecule has 4 heteroatoms. The third-order valence-corrected chi connectivity index (χ3v) is 3.50. The van der Waals surface area contributed by atoms with Crippen LogP contribution >= 0.6 is 0 Å². The molecule has 1 heterocycles. The molecule has 0 saturated heterocycles. The summed E-state index contributed by atoms with van der Waals surface area (Å²) < 4.78 is 1.87. The van der Waals surface area contributed by atoms with Crippen LogP contribution in [0.25, 0.3) is 0 Å². The molecule has 2 aromatic rings. The minimum atomic E-state index is 0.390. The van der Waals surface area contributed by atoms with Crippen LogP contribution in [0.1, 0.15) is 43.9 Å². The van der Waals surface area contributed by atoms with Crippen LogP contribution < -0.4 is 5.32 Å². The lowest BCUT2D eigenvalue weighted by molar-refractivity contribution is 0.499. The predicted molar refractivity (Wildman–Crippen MR) is 81.5 cm³/mol. The van der Waals surface area contributed by atoms with Crippen LogP contribution in [-0.4, -0.2) is 21.5 Å². The Morgan fingerprint density at radius 1 is 1.25 bits per heavy atom. The largest absolute Gasteiger partial charge is 0.310 e. The zero-order chi connectivity index (χ0) is 14.2. The first-order valence-electron chi connectivity index (χ1n) is 7.46. The predicted octanol–water partition coefficient (Wildman–Crippen LogP) is 2.97. The minimum absolute atomic E-state index is 0.390. The summed E-state index contributed by atoms with van der Waals surface area (Å²) in [6, 6.07) is 9.35. The molecular weight excluding hydrogens is 248 g/mol. The van der Waals surface area contributed by atoms with E-state index in [2.05, 4.69) is 53.7 Å². The fourth-order valence-corrected chi connectivity index (χ4v) is 2.29. The highest BCUT2D eigenvalue weighted by molar-refractivity contribution is 5.24. The lowest BCUT2D eigenvalue weighted by Crippen LogP contribution is -2.21. The van der Waals surface area contributed by atoms with E-state index in [0.29, 0.717) is 6.04 Å². The van der Waals surface area contributed by atoms with E-state index in [-0.39, 0.29) is 0 Å².